The van der Waals surface area contributed by atoms with Crippen LogP contribution in [0.1, 0.15) is 43.7 Å². The average Bonchev–Trinajstić information content (AvgIpc) is 2.15. The lowest BCUT2D eigenvalue weighted by Crippen LogP contribution is -2.11. The van der Waals surface area contributed by atoms with Gasteiger partial charge in [-0.05, 0) is 49.8 Å². The Morgan fingerprint density at radius 3 is 2.59 bits per heavy atom. The summed E-state index contributed by atoms with van der Waals surface area (Å²) in [5, 5.41) is 19.7. The van der Waals surface area contributed by atoms with Crippen LogP contribution >= 0.6 is 0 Å². The minimum atomic E-state index is -0.386. The minimum Gasteiger partial charge on any atom is -0.508 e. The fraction of sp³-hybridized carbons (Fsp3) is 0.467. The third-order valence-corrected chi connectivity index (χ3v) is 2.93. The molecule has 2 unspecified atom stereocenters. The SMILES string of the molecule is C=C(C)CC(O)CC(C)c1ccc(C)cc1O. The van der Waals surface area contributed by atoms with E-state index >= 15 is 0 Å². The minimum absolute atomic E-state index is 0.143. The van der Waals surface area contributed by atoms with Crippen molar-refractivity contribution in [3.8, 4) is 5.75 Å². The van der Waals surface area contributed by atoms with E-state index in [4.69, 9.17) is 0 Å². The van der Waals surface area contributed by atoms with Crippen LogP contribution in [0.25, 0.3) is 0 Å². The Kier molecular flexibility index (Phi) is 4.76. The lowest BCUT2D eigenvalue weighted by molar-refractivity contribution is 0.157. The van der Waals surface area contributed by atoms with Crippen LogP contribution in [0.4, 0.5) is 0 Å². The molecule has 2 nitrogen and oxygen atoms in total. The summed E-state index contributed by atoms with van der Waals surface area (Å²) < 4.78 is 0. The lowest BCUT2D eigenvalue weighted by Gasteiger charge is -2.18. The number of phenolic OH excluding ortho intramolecular Hbond substituents is 1. The molecular weight excluding hydrogens is 212 g/mol. The molecule has 0 bridgehead atoms. The molecule has 0 saturated carbocycles. The van der Waals surface area contributed by atoms with Gasteiger partial charge in [-0.1, -0.05) is 24.6 Å². The van der Waals surface area contributed by atoms with Crippen LogP contribution in [0, 0.1) is 6.92 Å². The van der Waals surface area contributed by atoms with Crippen LogP contribution in [0.5, 0.6) is 5.75 Å². The van der Waals surface area contributed by atoms with Gasteiger partial charge in [-0.3, -0.25) is 0 Å². The first-order chi connectivity index (χ1) is 7.90. The van der Waals surface area contributed by atoms with Gasteiger partial charge in [0.05, 0.1) is 6.10 Å². The van der Waals surface area contributed by atoms with E-state index in [9.17, 15) is 10.2 Å². The molecule has 0 heterocycles. The predicted octanol–water partition coefficient (Wildman–Crippen LogP) is 3.52. The highest BCUT2D eigenvalue weighted by Crippen LogP contribution is 2.30. The van der Waals surface area contributed by atoms with E-state index in [-0.39, 0.29) is 12.0 Å². The molecule has 0 aliphatic rings. The fourth-order valence-corrected chi connectivity index (χ4v) is 2.09. The number of benzene rings is 1. The van der Waals surface area contributed by atoms with Crippen molar-refractivity contribution in [2.45, 2.75) is 45.6 Å². The summed E-state index contributed by atoms with van der Waals surface area (Å²) in [6.45, 7) is 9.68. The molecule has 17 heavy (non-hydrogen) atoms. The van der Waals surface area contributed by atoms with Crippen molar-refractivity contribution in [1.29, 1.82) is 0 Å². The van der Waals surface area contributed by atoms with E-state index in [0.29, 0.717) is 18.6 Å². The maximum absolute atomic E-state index is 9.86. The van der Waals surface area contributed by atoms with Crippen molar-refractivity contribution in [3.05, 3.63) is 41.5 Å². The Morgan fingerprint density at radius 1 is 1.41 bits per heavy atom. The van der Waals surface area contributed by atoms with Gasteiger partial charge in [-0.25, -0.2) is 0 Å². The van der Waals surface area contributed by atoms with Gasteiger partial charge in [0.1, 0.15) is 5.75 Å². The van der Waals surface area contributed by atoms with E-state index < -0.39 is 0 Å². The standard InChI is InChI=1S/C15H22O2/c1-10(2)7-13(16)9-12(4)14-6-5-11(3)8-15(14)17/h5-6,8,12-13,16-17H,1,7,9H2,2-4H3. The number of aliphatic hydroxyl groups excluding tert-OH is 1. The van der Waals surface area contributed by atoms with Crippen LogP contribution in [0.15, 0.2) is 30.4 Å². The number of rotatable bonds is 5. The molecular formula is C15H22O2. The average molecular weight is 234 g/mol. The van der Waals surface area contributed by atoms with Crippen molar-refractivity contribution in [2.24, 2.45) is 0 Å². The number of hydrogen-bond acceptors (Lipinski definition) is 2. The van der Waals surface area contributed by atoms with Crippen LogP contribution in [-0.4, -0.2) is 16.3 Å². The van der Waals surface area contributed by atoms with Gasteiger partial charge in [0, 0.05) is 0 Å². The summed E-state index contributed by atoms with van der Waals surface area (Å²) in [6.07, 6.45) is 0.878. The van der Waals surface area contributed by atoms with E-state index in [2.05, 4.69) is 6.58 Å². The summed E-state index contributed by atoms with van der Waals surface area (Å²) in [7, 11) is 0. The molecule has 0 amide bonds. The number of aromatic hydroxyl groups is 1. The van der Waals surface area contributed by atoms with Crippen molar-refractivity contribution in [2.75, 3.05) is 0 Å². The molecule has 0 aliphatic heterocycles. The largest absolute Gasteiger partial charge is 0.508 e. The van der Waals surface area contributed by atoms with E-state index in [1.807, 2.05) is 32.9 Å². The first kappa shape index (κ1) is 13.8. The van der Waals surface area contributed by atoms with Gasteiger partial charge in [-0.15, -0.1) is 6.58 Å². The molecule has 1 aromatic rings. The smallest absolute Gasteiger partial charge is 0.119 e. The van der Waals surface area contributed by atoms with Gasteiger partial charge in [0.2, 0.25) is 0 Å². The normalized spacial score (nSPS) is 14.4. The maximum atomic E-state index is 9.86. The highest BCUT2D eigenvalue weighted by atomic mass is 16.3. The Labute approximate surface area is 104 Å². The topological polar surface area (TPSA) is 40.5 Å². The second-order valence-electron chi connectivity index (χ2n) is 5.01. The van der Waals surface area contributed by atoms with Gasteiger partial charge < -0.3 is 10.2 Å². The molecule has 0 saturated heterocycles. The summed E-state index contributed by atoms with van der Waals surface area (Å²) in [4.78, 5) is 0. The van der Waals surface area contributed by atoms with Crippen LogP contribution in [0.3, 0.4) is 0 Å². The van der Waals surface area contributed by atoms with Crippen LogP contribution in [-0.2, 0) is 0 Å². The predicted molar refractivity (Wildman–Crippen MR) is 71.3 cm³/mol. The molecule has 94 valence electrons. The number of aryl methyl sites for hydroxylation is 1. The molecule has 0 aromatic heterocycles. The zero-order chi connectivity index (χ0) is 13.0. The monoisotopic (exact) mass is 234 g/mol. The summed E-state index contributed by atoms with van der Waals surface area (Å²) in [5.41, 5.74) is 2.93. The van der Waals surface area contributed by atoms with E-state index in [0.717, 1.165) is 16.7 Å². The maximum Gasteiger partial charge on any atom is 0.119 e. The second kappa shape index (κ2) is 5.87. The van der Waals surface area contributed by atoms with Crippen LogP contribution in [0.2, 0.25) is 0 Å². The van der Waals surface area contributed by atoms with E-state index in [1.54, 1.807) is 6.07 Å². The fourth-order valence-electron chi connectivity index (χ4n) is 2.09. The summed E-state index contributed by atoms with van der Waals surface area (Å²) in [5.74, 6) is 0.463. The summed E-state index contributed by atoms with van der Waals surface area (Å²) >= 11 is 0. The van der Waals surface area contributed by atoms with Crippen LogP contribution < -0.4 is 0 Å². The van der Waals surface area contributed by atoms with Gasteiger partial charge >= 0.3 is 0 Å². The number of aliphatic hydroxyl groups is 1. The molecule has 0 aliphatic carbocycles. The molecule has 0 fully saturated rings. The Morgan fingerprint density at radius 2 is 2.06 bits per heavy atom. The van der Waals surface area contributed by atoms with Crippen molar-refractivity contribution in [1.82, 2.24) is 0 Å². The molecule has 1 aromatic carbocycles. The first-order valence-corrected chi connectivity index (χ1v) is 6.02. The summed E-state index contributed by atoms with van der Waals surface area (Å²) in [6, 6.07) is 5.68. The highest BCUT2D eigenvalue weighted by Gasteiger charge is 2.15. The molecule has 0 radical (unpaired) electrons. The number of hydrogen-bond donors (Lipinski definition) is 2. The lowest BCUT2D eigenvalue weighted by atomic mass is 9.91. The Balaban J connectivity index is 2.69. The van der Waals surface area contributed by atoms with Gasteiger partial charge in [-0.2, -0.15) is 0 Å². The molecule has 2 atom stereocenters. The molecule has 2 heteroatoms. The second-order valence-corrected chi connectivity index (χ2v) is 5.01. The zero-order valence-electron chi connectivity index (χ0n) is 10.9. The van der Waals surface area contributed by atoms with Crippen molar-refractivity contribution < 1.29 is 10.2 Å². The highest BCUT2D eigenvalue weighted by molar-refractivity contribution is 5.38. The zero-order valence-corrected chi connectivity index (χ0v) is 10.9. The molecule has 0 spiro atoms. The third-order valence-electron chi connectivity index (χ3n) is 2.93. The third kappa shape index (κ3) is 4.23. The Bertz CT molecular complexity index is 396. The Hall–Kier alpha value is -1.28. The quantitative estimate of drug-likeness (QED) is 0.765. The first-order valence-electron chi connectivity index (χ1n) is 6.02. The van der Waals surface area contributed by atoms with Gasteiger partial charge in [0.25, 0.3) is 0 Å². The number of phenols is 1. The van der Waals surface area contributed by atoms with Gasteiger partial charge in [0.15, 0.2) is 0 Å². The van der Waals surface area contributed by atoms with E-state index in [1.165, 1.54) is 0 Å². The van der Waals surface area contributed by atoms with Crippen molar-refractivity contribution in [3.63, 3.8) is 0 Å². The van der Waals surface area contributed by atoms with Crippen molar-refractivity contribution >= 4 is 0 Å². The molecule has 2 N–H and O–H groups in total. The molecule has 1 rings (SSSR count).